The lowest BCUT2D eigenvalue weighted by Crippen LogP contribution is -2.74. The number of aliphatic hydroxyl groups is 1. The summed E-state index contributed by atoms with van der Waals surface area (Å²) < 4.78 is 28.3. The number of primary amides is 1. The number of ketones is 4. The van der Waals surface area contributed by atoms with E-state index in [0.29, 0.717) is 11.3 Å². The van der Waals surface area contributed by atoms with Gasteiger partial charge in [-0.3, -0.25) is 28.9 Å². The van der Waals surface area contributed by atoms with Crippen LogP contribution in [0.5, 0.6) is 5.75 Å². The van der Waals surface area contributed by atoms with Crippen LogP contribution in [0.1, 0.15) is 33.5 Å². The molecule has 3 aliphatic rings. The first kappa shape index (κ1) is 31.4. The van der Waals surface area contributed by atoms with Gasteiger partial charge in [0.1, 0.15) is 17.4 Å². The van der Waals surface area contributed by atoms with Gasteiger partial charge in [0.25, 0.3) is 0 Å². The van der Waals surface area contributed by atoms with Gasteiger partial charge in [-0.1, -0.05) is 6.07 Å². The Hall–Kier alpha value is -4.07. The second-order valence-electron chi connectivity index (χ2n) is 12.2. The minimum Gasteiger partial charge on any atom is -0.507 e. The van der Waals surface area contributed by atoms with E-state index in [1.807, 2.05) is 0 Å². The SMILES string of the molecule is CN(C)c1cc(CNCc2c(F)cccc2F)c(O)c2c1C[C@H]1C[C@H]3[C@H](N(C)C)C(=O)C(C(N)=O)C(=O)[C@@]3(O)C(=O)C1C2=O. The van der Waals surface area contributed by atoms with Gasteiger partial charge in [-0.05, 0) is 56.6 Å². The Balaban J connectivity index is 1.55. The number of benzene rings is 2. The molecule has 0 heterocycles. The lowest BCUT2D eigenvalue weighted by atomic mass is 9.52. The molecule has 0 saturated heterocycles. The number of likely N-dealkylation sites (N-methyl/N-ethyl adjacent to an activating group) is 1. The van der Waals surface area contributed by atoms with Gasteiger partial charge in [0.2, 0.25) is 5.91 Å². The number of nitrogens with zero attached hydrogens (tertiary/aromatic N) is 2. The number of Topliss-reactive ketones (excluding diaryl/α,β-unsaturated/α-hetero) is 4. The van der Waals surface area contributed by atoms with E-state index in [4.69, 9.17) is 5.73 Å². The maximum absolute atomic E-state index is 14.1. The van der Waals surface area contributed by atoms with Crippen molar-refractivity contribution in [3.63, 3.8) is 0 Å². The van der Waals surface area contributed by atoms with Crippen LogP contribution >= 0.6 is 0 Å². The summed E-state index contributed by atoms with van der Waals surface area (Å²) >= 11 is 0. The summed E-state index contributed by atoms with van der Waals surface area (Å²) in [5.41, 5.74) is 3.41. The van der Waals surface area contributed by atoms with E-state index >= 15 is 0 Å². The van der Waals surface area contributed by atoms with Crippen LogP contribution in [0.2, 0.25) is 0 Å². The van der Waals surface area contributed by atoms with Gasteiger partial charge in [0, 0.05) is 49.9 Å². The highest BCUT2D eigenvalue weighted by Crippen LogP contribution is 2.52. The molecule has 11 nitrogen and oxygen atoms in total. The van der Waals surface area contributed by atoms with Crippen molar-refractivity contribution in [3.05, 3.63) is 58.2 Å². The van der Waals surface area contributed by atoms with Gasteiger partial charge in [-0.25, -0.2) is 8.78 Å². The third-order valence-electron chi connectivity index (χ3n) is 9.28. The van der Waals surface area contributed by atoms with E-state index in [1.165, 1.54) is 25.1 Å². The zero-order valence-corrected chi connectivity index (χ0v) is 24.7. The zero-order valence-electron chi connectivity index (χ0n) is 24.7. The minimum atomic E-state index is -2.82. The highest BCUT2D eigenvalue weighted by Gasteiger charge is 2.69. The molecule has 3 aliphatic carbocycles. The van der Waals surface area contributed by atoms with Crippen LogP contribution < -0.4 is 16.0 Å². The summed E-state index contributed by atoms with van der Waals surface area (Å²) in [5.74, 6) is -12.8. The van der Waals surface area contributed by atoms with Gasteiger partial charge in [0.15, 0.2) is 34.7 Å². The molecule has 1 amide bonds. The van der Waals surface area contributed by atoms with Crippen molar-refractivity contribution < 1.29 is 43.0 Å². The Bertz CT molecular complexity index is 1590. The van der Waals surface area contributed by atoms with Crippen molar-refractivity contribution in [1.82, 2.24) is 10.2 Å². The Morgan fingerprint density at radius 1 is 1.07 bits per heavy atom. The van der Waals surface area contributed by atoms with Crippen LogP contribution in [0.25, 0.3) is 0 Å². The zero-order chi connectivity index (χ0) is 32.4. The molecule has 234 valence electrons. The Morgan fingerprint density at radius 2 is 1.70 bits per heavy atom. The number of halogens is 2. The largest absolute Gasteiger partial charge is 0.507 e. The number of rotatable bonds is 7. The van der Waals surface area contributed by atoms with Crippen molar-refractivity contribution >= 4 is 34.7 Å². The quantitative estimate of drug-likeness (QED) is 0.323. The molecular weight excluding hydrogens is 578 g/mol. The molecule has 0 bridgehead atoms. The van der Waals surface area contributed by atoms with Gasteiger partial charge in [-0.2, -0.15) is 0 Å². The second kappa shape index (κ2) is 11.1. The molecule has 2 unspecified atom stereocenters. The van der Waals surface area contributed by atoms with Crippen LogP contribution in [0.15, 0.2) is 24.3 Å². The lowest BCUT2D eigenvalue weighted by Gasteiger charge is -2.52. The Labute approximate surface area is 252 Å². The molecular formula is C31H34F2N4O7. The molecule has 0 aromatic heterocycles. The molecule has 2 aromatic rings. The number of phenols is 1. The normalized spacial score (nSPS) is 28.0. The molecule has 2 fully saturated rings. The van der Waals surface area contributed by atoms with Crippen LogP contribution in [-0.4, -0.2) is 84.0 Å². The number of anilines is 1. The number of nitrogens with one attached hydrogen (secondary N) is 1. The third-order valence-corrected chi connectivity index (χ3v) is 9.28. The summed E-state index contributed by atoms with van der Waals surface area (Å²) in [6.45, 7) is -0.312. The number of phenolic OH excluding ortho intramolecular Hbond substituents is 1. The first-order valence-corrected chi connectivity index (χ1v) is 14.2. The van der Waals surface area contributed by atoms with E-state index in [2.05, 4.69) is 5.32 Å². The molecule has 0 radical (unpaired) electrons. The molecule has 6 atom stereocenters. The van der Waals surface area contributed by atoms with Crippen molar-refractivity contribution in [2.24, 2.45) is 29.4 Å². The van der Waals surface area contributed by atoms with E-state index < -0.39 is 81.7 Å². The minimum absolute atomic E-state index is 0.0605. The fourth-order valence-electron chi connectivity index (χ4n) is 7.26. The number of amides is 1. The highest BCUT2D eigenvalue weighted by atomic mass is 19.1. The molecule has 5 rings (SSSR count). The number of fused-ring (bicyclic) bond motifs is 3. The number of carbonyl (C=O) groups is 5. The molecule has 0 spiro atoms. The van der Waals surface area contributed by atoms with E-state index in [9.17, 15) is 43.0 Å². The standard InChI is InChI=1S/C31H34F2N4O7/c1-36(2)20-10-14(11-35-12-16-18(32)6-5-7-19(16)33)25(38)22-15(20)8-13-9-17-24(37(3)4)27(40)23(30(34)43)29(42)31(17,44)28(41)21(13)26(22)39/h5-7,10,13,17,21,23-24,35,38,44H,8-9,11-12H2,1-4H3,(H2,34,43)/t13-,17-,21?,23?,24-,31-/m0/s1. The summed E-state index contributed by atoms with van der Waals surface area (Å²) in [6, 6.07) is 3.93. The predicted molar refractivity (Wildman–Crippen MR) is 153 cm³/mol. The topological polar surface area (TPSA) is 170 Å². The maximum Gasteiger partial charge on any atom is 0.235 e. The molecule has 13 heteroatoms. The molecule has 0 aliphatic heterocycles. The van der Waals surface area contributed by atoms with Crippen LogP contribution in [0, 0.1) is 35.3 Å². The van der Waals surface area contributed by atoms with Gasteiger partial charge in [-0.15, -0.1) is 0 Å². The summed E-state index contributed by atoms with van der Waals surface area (Å²) in [4.78, 5) is 70.2. The van der Waals surface area contributed by atoms with Crippen LogP contribution in [0.4, 0.5) is 14.5 Å². The first-order valence-electron chi connectivity index (χ1n) is 14.2. The van der Waals surface area contributed by atoms with Gasteiger partial charge in [0.05, 0.1) is 17.5 Å². The second-order valence-corrected chi connectivity index (χ2v) is 12.2. The van der Waals surface area contributed by atoms with Crippen molar-refractivity contribution in [2.75, 3.05) is 33.1 Å². The third kappa shape index (κ3) is 4.61. The number of hydrogen-bond acceptors (Lipinski definition) is 10. The monoisotopic (exact) mass is 612 g/mol. The average Bonchev–Trinajstić information content (AvgIpc) is 2.92. The number of aromatic hydroxyl groups is 1. The van der Waals surface area contributed by atoms with Crippen molar-refractivity contribution in [2.45, 2.75) is 37.6 Å². The number of carbonyl (C=O) groups excluding carboxylic acids is 5. The summed E-state index contributed by atoms with van der Waals surface area (Å²) in [7, 11) is 6.50. The molecule has 5 N–H and O–H groups in total. The first-order chi connectivity index (χ1) is 20.6. The van der Waals surface area contributed by atoms with Crippen molar-refractivity contribution in [3.8, 4) is 5.75 Å². The highest BCUT2D eigenvalue weighted by molar-refractivity contribution is 6.32. The molecule has 2 saturated carbocycles. The summed E-state index contributed by atoms with van der Waals surface area (Å²) in [5, 5.41) is 25.9. The van der Waals surface area contributed by atoms with Crippen LogP contribution in [0.3, 0.4) is 0 Å². The van der Waals surface area contributed by atoms with Crippen LogP contribution in [-0.2, 0) is 38.7 Å². The predicted octanol–water partition coefficient (Wildman–Crippen LogP) is 0.501. The number of nitrogens with two attached hydrogens (primary N) is 1. The molecule has 44 heavy (non-hydrogen) atoms. The number of hydrogen-bond donors (Lipinski definition) is 4. The fourth-order valence-corrected chi connectivity index (χ4v) is 7.26. The fraction of sp³-hybridized carbons (Fsp3) is 0.452. The van der Waals surface area contributed by atoms with E-state index in [1.54, 1.807) is 25.1 Å². The average molecular weight is 613 g/mol. The molecule has 2 aromatic carbocycles. The van der Waals surface area contributed by atoms with E-state index in [-0.39, 0.29) is 42.6 Å². The van der Waals surface area contributed by atoms with Gasteiger partial charge >= 0.3 is 0 Å². The smallest absolute Gasteiger partial charge is 0.235 e. The van der Waals surface area contributed by atoms with Gasteiger partial charge < -0.3 is 26.2 Å². The van der Waals surface area contributed by atoms with Crippen molar-refractivity contribution in [1.29, 1.82) is 0 Å². The lowest BCUT2D eigenvalue weighted by molar-refractivity contribution is -0.181. The maximum atomic E-state index is 14.1. The Morgan fingerprint density at radius 3 is 2.27 bits per heavy atom. The Kier molecular flexibility index (Phi) is 7.93. The van der Waals surface area contributed by atoms with E-state index in [0.717, 1.165) is 12.1 Å². The summed E-state index contributed by atoms with van der Waals surface area (Å²) in [6.07, 6.45) is 0.0517.